The zero-order chi connectivity index (χ0) is 30.7. The van der Waals surface area contributed by atoms with Gasteiger partial charge < -0.3 is 25.3 Å². The molecular formula is C30H36F3N3O6. The number of carbonyl (C=O) groups is 3. The Morgan fingerprint density at radius 1 is 1.07 bits per heavy atom. The number of carbonyl (C=O) groups excluding carboxylic acids is 3. The monoisotopic (exact) mass is 591 g/mol. The Morgan fingerprint density at radius 2 is 1.79 bits per heavy atom. The van der Waals surface area contributed by atoms with E-state index in [0.29, 0.717) is 36.8 Å². The van der Waals surface area contributed by atoms with Crippen LogP contribution in [0.5, 0.6) is 0 Å². The summed E-state index contributed by atoms with van der Waals surface area (Å²) in [6.07, 6.45) is -4.35. The molecule has 2 aromatic carbocycles. The van der Waals surface area contributed by atoms with Crippen LogP contribution in [0, 0.1) is 6.92 Å². The quantitative estimate of drug-likeness (QED) is 0.337. The number of ether oxygens (including phenoxy) is 3. The number of halogens is 3. The van der Waals surface area contributed by atoms with E-state index in [1.807, 2.05) is 30.3 Å². The summed E-state index contributed by atoms with van der Waals surface area (Å²) in [7, 11) is 0. The van der Waals surface area contributed by atoms with Crippen LogP contribution in [0.25, 0.3) is 0 Å². The number of nitrogens with one attached hydrogen (secondary N) is 1. The van der Waals surface area contributed by atoms with Crippen molar-refractivity contribution in [1.29, 1.82) is 0 Å². The third-order valence-corrected chi connectivity index (χ3v) is 7.99. The molecule has 0 bridgehead atoms. The molecule has 4 rings (SSSR count). The molecule has 2 aromatic rings. The van der Waals surface area contributed by atoms with Crippen LogP contribution in [0.2, 0.25) is 0 Å². The molecule has 2 aliphatic heterocycles. The number of nitrogens with two attached hydrogens (primary N) is 1. The van der Waals surface area contributed by atoms with Crippen LogP contribution in [0.1, 0.15) is 67.9 Å². The minimum Gasteiger partial charge on any atom is -0.427 e. The minimum atomic E-state index is -4.51. The molecular weight excluding hydrogens is 555 g/mol. The topological polar surface area (TPSA) is 120 Å². The first kappa shape index (κ1) is 31.3. The number of esters is 1. The number of nitrogens with zero attached hydrogens (tertiary/aromatic N) is 1. The fourth-order valence-corrected chi connectivity index (χ4v) is 5.63. The molecule has 3 N–H and O–H groups in total. The van der Waals surface area contributed by atoms with E-state index in [4.69, 9.17) is 19.9 Å². The molecule has 4 atom stereocenters. The summed E-state index contributed by atoms with van der Waals surface area (Å²) in [6.45, 7) is 4.03. The Labute approximate surface area is 242 Å². The van der Waals surface area contributed by atoms with Gasteiger partial charge in [-0.25, -0.2) is 4.79 Å². The summed E-state index contributed by atoms with van der Waals surface area (Å²) in [5.41, 5.74) is 4.48. The van der Waals surface area contributed by atoms with Gasteiger partial charge in [0.25, 0.3) is 0 Å². The lowest BCUT2D eigenvalue weighted by Crippen LogP contribution is -2.65. The van der Waals surface area contributed by atoms with Gasteiger partial charge in [-0.2, -0.15) is 13.2 Å². The summed E-state index contributed by atoms with van der Waals surface area (Å²) in [5.74, 6) is -0.866. The first-order valence-electron chi connectivity index (χ1n) is 13.8. The minimum absolute atomic E-state index is 0.0772. The molecule has 1 spiro atoms. The van der Waals surface area contributed by atoms with Gasteiger partial charge in [0, 0.05) is 13.0 Å². The maximum Gasteiger partial charge on any atom is 0.416 e. The van der Waals surface area contributed by atoms with Crippen LogP contribution < -0.4 is 11.1 Å². The molecule has 12 heteroatoms. The number of hydrogen-bond acceptors (Lipinski definition) is 7. The third kappa shape index (κ3) is 6.87. The zero-order valence-corrected chi connectivity index (χ0v) is 23.8. The number of amides is 2. The van der Waals surface area contributed by atoms with E-state index in [0.717, 1.165) is 17.7 Å². The van der Waals surface area contributed by atoms with E-state index in [1.54, 1.807) is 19.9 Å². The lowest BCUT2D eigenvalue weighted by Gasteiger charge is -2.52. The highest BCUT2D eigenvalue weighted by atomic mass is 19.4. The van der Waals surface area contributed by atoms with E-state index in [1.165, 1.54) is 11.8 Å². The van der Waals surface area contributed by atoms with Crippen LogP contribution in [-0.4, -0.2) is 54.4 Å². The fraction of sp³-hybridized carbons (Fsp3) is 0.500. The number of piperidine rings is 1. The van der Waals surface area contributed by atoms with Crippen molar-refractivity contribution in [3.63, 3.8) is 0 Å². The van der Waals surface area contributed by atoms with Crippen LogP contribution in [0.4, 0.5) is 18.0 Å². The van der Waals surface area contributed by atoms with Crippen molar-refractivity contribution in [2.24, 2.45) is 5.73 Å². The van der Waals surface area contributed by atoms with Crippen molar-refractivity contribution in [3.05, 3.63) is 70.8 Å². The van der Waals surface area contributed by atoms with Gasteiger partial charge in [-0.1, -0.05) is 42.0 Å². The standard InChI is InChI=1S/C30H36F3N3O6/c1-19-13-22(15-24(14-19)30(31,32)33)21(3)40-17-29(23-7-5-4-6-8-23)12-11-28(10-9-25(37)35-28)16-36(29)27(39)42-18-41-26(38)20(2)34/h4-8,13-15,20-21H,9-12,16-18,34H2,1-3H3,(H,35,37)/t20?,21-,28-,29-/m1/s1. The average Bonchev–Trinajstić information content (AvgIpc) is 3.31. The van der Waals surface area contributed by atoms with Crippen LogP contribution >= 0.6 is 0 Å². The van der Waals surface area contributed by atoms with Crippen molar-refractivity contribution in [2.45, 2.75) is 75.9 Å². The summed E-state index contributed by atoms with van der Waals surface area (Å²) in [5, 5.41) is 3.01. The first-order valence-corrected chi connectivity index (χ1v) is 13.8. The fourth-order valence-electron chi connectivity index (χ4n) is 5.63. The van der Waals surface area contributed by atoms with Crippen LogP contribution in [-0.2, 0) is 35.5 Å². The summed E-state index contributed by atoms with van der Waals surface area (Å²) >= 11 is 0. The Hall–Kier alpha value is -3.64. The SMILES string of the molecule is Cc1cc([C@@H](C)OC[C@@]2(c3ccccc3)CC[C@]3(CCC(=O)N3)CN2C(=O)OCOC(=O)C(C)N)cc(C(F)(F)F)c1. The highest BCUT2D eigenvalue weighted by molar-refractivity contribution is 5.80. The van der Waals surface area contributed by atoms with Gasteiger partial charge in [-0.05, 0) is 63.3 Å². The smallest absolute Gasteiger partial charge is 0.416 e. The number of benzene rings is 2. The van der Waals surface area contributed by atoms with Gasteiger partial charge in [0.1, 0.15) is 6.04 Å². The number of alkyl halides is 3. The number of rotatable bonds is 8. The van der Waals surface area contributed by atoms with Gasteiger partial charge in [0.05, 0.1) is 29.4 Å². The van der Waals surface area contributed by atoms with Crippen molar-refractivity contribution >= 4 is 18.0 Å². The van der Waals surface area contributed by atoms with Gasteiger partial charge in [0.15, 0.2) is 0 Å². The van der Waals surface area contributed by atoms with E-state index < -0.39 is 53.8 Å². The molecule has 228 valence electrons. The Morgan fingerprint density at radius 3 is 2.40 bits per heavy atom. The van der Waals surface area contributed by atoms with Crippen molar-refractivity contribution in [1.82, 2.24) is 10.2 Å². The summed E-state index contributed by atoms with van der Waals surface area (Å²) in [6, 6.07) is 12.0. The molecule has 0 aliphatic carbocycles. The molecule has 0 aromatic heterocycles. The Bertz CT molecular complexity index is 1300. The lowest BCUT2D eigenvalue weighted by molar-refractivity contribution is -0.155. The van der Waals surface area contributed by atoms with Gasteiger partial charge >= 0.3 is 18.2 Å². The van der Waals surface area contributed by atoms with E-state index in [-0.39, 0.29) is 19.1 Å². The van der Waals surface area contributed by atoms with E-state index in [2.05, 4.69) is 5.32 Å². The summed E-state index contributed by atoms with van der Waals surface area (Å²) < 4.78 is 57.1. The third-order valence-electron chi connectivity index (χ3n) is 7.99. The zero-order valence-electron chi connectivity index (χ0n) is 23.8. The molecule has 2 saturated heterocycles. The van der Waals surface area contributed by atoms with E-state index >= 15 is 0 Å². The van der Waals surface area contributed by atoms with Crippen molar-refractivity contribution in [3.8, 4) is 0 Å². The summed E-state index contributed by atoms with van der Waals surface area (Å²) in [4.78, 5) is 39.2. The molecule has 9 nitrogen and oxygen atoms in total. The number of likely N-dealkylation sites (tertiary alicyclic amines) is 1. The van der Waals surface area contributed by atoms with Crippen LogP contribution in [0.15, 0.2) is 48.5 Å². The maximum atomic E-state index is 13.7. The molecule has 0 radical (unpaired) electrons. The highest BCUT2D eigenvalue weighted by Crippen LogP contribution is 2.45. The first-order chi connectivity index (χ1) is 19.7. The maximum absolute atomic E-state index is 13.7. The lowest BCUT2D eigenvalue weighted by atomic mass is 9.74. The average molecular weight is 592 g/mol. The second-order valence-corrected chi connectivity index (χ2v) is 11.2. The predicted octanol–water partition coefficient (Wildman–Crippen LogP) is 4.72. The molecule has 0 saturated carbocycles. The second kappa shape index (κ2) is 12.3. The number of hydrogen-bond donors (Lipinski definition) is 2. The molecule has 2 aliphatic rings. The van der Waals surface area contributed by atoms with Crippen molar-refractivity contribution in [2.75, 3.05) is 19.9 Å². The van der Waals surface area contributed by atoms with Gasteiger partial charge in [0.2, 0.25) is 12.7 Å². The van der Waals surface area contributed by atoms with Crippen LogP contribution in [0.3, 0.4) is 0 Å². The van der Waals surface area contributed by atoms with Gasteiger partial charge in [-0.15, -0.1) is 0 Å². The number of aryl methyl sites for hydroxylation is 1. The molecule has 2 heterocycles. The predicted molar refractivity (Wildman–Crippen MR) is 146 cm³/mol. The molecule has 2 amide bonds. The highest BCUT2D eigenvalue weighted by Gasteiger charge is 2.54. The van der Waals surface area contributed by atoms with Gasteiger partial charge in [-0.3, -0.25) is 14.5 Å². The molecule has 42 heavy (non-hydrogen) atoms. The van der Waals surface area contributed by atoms with E-state index in [9.17, 15) is 27.6 Å². The normalized spacial score (nSPS) is 23.8. The molecule has 1 unspecified atom stereocenters. The Kier molecular flexibility index (Phi) is 9.17. The van der Waals surface area contributed by atoms with Crippen molar-refractivity contribution < 1.29 is 41.8 Å². The Balaban J connectivity index is 1.66. The molecule has 2 fully saturated rings. The largest absolute Gasteiger partial charge is 0.427 e. The second-order valence-electron chi connectivity index (χ2n) is 11.2.